The molecule has 0 aromatic rings. The Bertz CT molecular complexity index is 138. The molecule has 0 saturated heterocycles. The molecule has 3 atom stereocenters. The lowest BCUT2D eigenvalue weighted by molar-refractivity contribution is -0.0495. The molecule has 1 aliphatic rings. The van der Waals surface area contributed by atoms with Gasteiger partial charge in [0.15, 0.2) is 0 Å². The fourth-order valence-electron chi connectivity index (χ4n) is 2.09. The van der Waals surface area contributed by atoms with Crippen molar-refractivity contribution >= 4 is 0 Å². The molecule has 0 spiro atoms. The second-order valence-corrected chi connectivity index (χ2v) is 4.32. The highest BCUT2D eigenvalue weighted by Gasteiger charge is 2.23. The van der Waals surface area contributed by atoms with Crippen molar-refractivity contribution in [2.45, 2.75) is 58.2 Å². The number of rotatable bonds is 4. The average Bonchev–Trinajstić information content (AvgIpc) is 2.09. The average molecular weight is 185 g/mol. The van der Waals surface area contributed by atoms with Crippen molar-refractivity contribution in [2.24, 2.45) is 11.7 Å². The summed E-state index contributed by atoms with van der Waals surface area (Å²) in [5.74, 6) is 0.744. The summed E-state index contributed by atoms with van der Waals surface area (Å²) in [6.07, 6.45) is 7.13. The number of ether oxygens (including phenoxy) is 1. The number of hydrogen-bond acceptors (Lipinski definition) is 2. The van der Waals surface area contributed by atoms with Crippen molar-refractivity contribution in [2.75, 3.05) is 6.54 Å². The lowest BCUT2D eigenvalue weighted by Gasteiger charge is -2.31. The highest BCUT2D eigenvalue weighted by atomic mass is 16.5. The van der Waals surface area contributed by atoms with Crippen molar-refractivity contribution in [1.29, 1.82) is 0 Å². The molecule has 2 N–H and O–H groups in total. The van der Waals surface area contributed by atoms with Gasteiger partial charge in [-0.25, -0.2) is 0 Å². The molecule has 0 aliphatic heterocycles. The zero-order chi connectivity index (χ0) is 9.68. The summed E-state index contributed by atoms with van der Waals surface area (Å²) < 4.78 is 5.96. The largest absolute Gasteiger partial charge is 0.375 e. The summed E-state index contributed by atoms with van der Waals surface area (Å²) in [4.78, 5) is 0. The van der Waals surface area contributed by atoms with Crippen molar-refractivity contribution in [1.82, 2.24) is 0 Å². The van der Waals surface area contributed by atoms with Crippen LogP contribution < -0.4 is 5.73 Å². The second-order valence-electron chi connectivity index (χ2n) is 4.32. The summed E-state index contributed by atoms with van der Waals surface area (Å²) in [6, 6.07) is 0. The Morgan fingerprint density at radius 3 is 2.69 bits per heavy atom. The molecule has 1 saturated carbocycles. The molecule has 0 radical (unpaired) electrons. The molecule has 0 aromatic carbocycles. The Hall–Kier alpha value is -0.0800. The minimum atomic E-state index is 0.343. The van der Waals surface area contributed by atoms with Gasteiger partial charge in [-0.2, -0.15) is 0 Å². The van der Waals surface area contributed by atoms with Gasteiger partial charge in [0.2, 0.25) is 0 Å². The van der Waals surface area contributed by atoms with Crippen LogP contribution in [0.15, 0.2) is 0 Å². The third-order valence-corrected chi connectivity index (χ3v) is 3.01. The number of hydrogen-bond donors (Lipinski definition) is 1. The van der Waals surface area contributed by atoms with Crippen LogP contribution in [0.1, 0.15) is 46.0 Å². The predicted octanol–water partition coefficient (Wildman–Crippen LogP) is 2.32. The fraction of sp³-hybridized carbons (Fsp3) is 1.00. The molecular formula is C11H23NO. The van der Waals surface area contributed by atoms with E-state index in [1.165, 1.54) is 25.7 Å². The molecule has 0 aromatic heterocycles. The maximum Gasteiger partial charge on any atom is 0.0604 e. The quantitative estimate of drug-likeness (QED) is 0.729. The first-order chi connectivity index (χ1) is 6.24. The van der Waals surface area contributed by atoms with Crippen LogP contribution in [0.25, 0.3) is 0 Å². The lowest BCUT2D eigenvalue weighted by Crippen LogP contribution is -2.30. The zero-order valence-electron chi connectivity index (χ0n) is 8.96. The molecule has 2 heteroatoms. The van der Waals surface area contributed by atoms with Gasteiger partial charge in [0.05, 0.1) is 12.2 Å². The summed E-state index contributed by atoms with van der Waals surface area (Å²) >= 11 is 0. The van der Waals surface area contributed by atoms with Crippen molar-refractivity contribution in [3.8, 4) is 0 Å². The van der Waals surface area contributed by atoms with Crippen LogP contribution in [-0.4, -0.2) is 18.8 Å². The molecular weight excluding hydrogens is 162 g/mol. The SMILES string of the molecule is CC(CCN)OC1CCCCC1C. The molecule has 78 valence electrons. The number of nitrogens with two attached hydrogens (primary N) is 1. The first-order valence-corrected chi connectivity index (χ1v) is 5.59. The van der Waals surface area contributed by atoms with E-state index < -0.39 is 0 Å². The van der Waals surface area contributed by atoms with Crippen molar-refractivity contribution in [3.63, 3.8) is 0 Å². The first-order valence-electron chi connectivity index (χ1n) is 5.59. The van der Waals surface area contributed by atoms with Gasteiger partial charge >= 0.3 is 0 Å². The highest BCUT2D eigenvalue weighted by Crippen LogP contribution is 2.27. The molecule has 13 heavy (non-hydrogen) atoms. The fourth-order valence-corrected chi connectivity index (χ4v) is 2.09. The van der Waals surface area contributed by atoms with Crippen molar-refractivity contribution < 1.29 is 4.74 Å². The Labute approximate surface area is 81.8 Å². The first kappa shape index (κ1) is 11.0. The van der Waals surface area contributed by atoms with E-state index in [0.717, 1.165) is 18.9 Å². The Balaban J connectivity index is 2.25. The van der Waals surface area contributed by atoms with E-state index in [0.29, 0.717) is 12.2 Å². The van der Waals surface area contributed by atoms with Gasteiger partial charge in [0.25, 0.3) is 0 Å². The van der Waals surface area contributed by atoms with Crippen LogP contribution >= 0.6 is 0 Å². The molecule has 0 heterocycles. The van der Waals surface area contributed by atoms with Gasteiger partial charge in [-0.05, 0) is 38.6 Å². The molecule has 1 aliphatic carbocycles. The van der Waals surface area contributed by atoms with Crippen molar-refractivity contribution in [3.05, 3.63) is 0 Å². The monoisotopic (exact) mass is 185 g/mol. The molecule has 0 bridgehead atoms. The van der Waals surface area contributed by atoms with Gasteiger partial charge in [0.1, 0.15) is 0 Å². The Morgan fingerprint density at radius 1 is 1.38 bits per heavy atom. The van der Waals surface area contributed by atoms with E-state index >= 15 is 0 Å². The minimum absolute atomic E-state index is 0.343. The van der Waals surface area contributed by atoms with E-state index in [4.69, 9.17) is 10.5 Å². The Kier molecular flexibility index (Phi) is 4.74. The van der Waals surface area contributed by atoms with Crippen LogP contribution in [0.5, 0.6) is 0 Å². The molecule has 1 fully saturated rings. The lowest BCUT2D eigenvalue weighted by atomic mass is 9.88. The predicted molar refractivity (Wildman–Crippen MR) is 55.6 cm³/mol. The maximum atomic E-state index is 5.96. The van der Waals surface area contributed by atoms with Gasteiger partial charge in [-0.3, -0.25) is 0 Å². The molecule has 1 rings (SSSR count). The topological polar surface area (TPSA) is 35.2 Å². The van der Waals surface area contributed by atoms with Crippen LogP contribution in [0.2, 0.25) is 0 Å². The van der Waals surface area contributed by atoms with E-state index in [-0.39, 0.29) is 0 Å². The van der Waals surface area contributed by atoms with Gasteiger partial charge in [-0.1, -0.05) is 19.8 Å². The van der Waals surface area contributed by atoms with Gasteiger partial charge in [0, 0.05) is 0 Å². The zero-order valence-corrected chi connectivity index (χ0v) is 8.96. The van der Waals surface area contributed by atoms with Gasteiger partial charge in [-0.15, -0.1) is 0 Å². The maximum absolute atomic E-state index is 5.96. The normalized spacial score (nSPS) is 31.6. The highest BCUT2D eigenvalue weighted by molar-refractivity contribution is 4.73. The van der Waals surface area contributed by atoms with Crippen LogP contribution in [0.4, 0.5) is 0 Å². The third-order valence-electron chi connectivity index (χ3n) is 3.01. The standard InChI is InChI=1S/C11H23NO/c1-9-5-3-4-6-11(9)13-10(2)7-8-12/h9-11H,3-8,12H2,1-2H3. The summed E-state index contributed by atoms with van der Waals surface area (Å²) in [5, 5.41) is 0. The summed E-state index contributed by atoms with van der Waals surface area (Å²) in [6.45, 7) is 5.18. The van der Waals surface area contributed by atoms with E-state index in [2.05, 4.69) is 13.8 Å². The molecule has 0 amide bonds. The van der Waals surface area contributed by atoms with Crippen LogP contribution in [0, 0.1) is 5.92 Å². The van der Waals surface area contributed by atoms with Crippen LogP contribution in [0.3, 0.4) is 0 Å². The summed E-state index contributed by atoms with van der Waals surface area (Å²) in [7, 11) is 0. The van der Waals surface area contributed by atoms with E-state index in [1.807, 2.05) is 0 Å². The van der Waals surface area contributed by atoms with Gasteiger partial charge < -0.3 is 10.5 Å². The van der Waals surface area contributed by atoms with E-state index in [1.54, 1.807) is 0 Å². The minimum Gasteiger partial charge on any atom is -0.375 e. The van der Waals surface area contributed by atoms with Crippen LogP contribution in [-0.2, 0) is 4.74 Å². The second kappa shape index (κ2) is 5.61. The smallest absolute Gasteiger partial charge is 0.0604 e. The third kappa shape index (κ3) is 3.65. The van der Waals surface area contributed by atoms with E-state index in [9.17, 15) is 0 Å². The molecule has 2 nitrogen and oxygen atoms in total. The summed E-state index contributed by atoms with van der Waals surface area (Å²) in [5.41, 5.74) is 5.49. The molecule has 3 unspecified atom stereocenters. The Morgan fingerprint density at radius 2 is 2.08 bits per heavy atom.